The van der Waals surface area contributed by atoms with E-state index < -0.39 is 23.5 Å². The van der Waals surface area contributed by atoms with Gasteiger partial charge in [-0.05, 0) is 87.0 Å². The van der Waals surface area contributed by atoms with Crippen LogP contribution in [0.5, 0.6) is 11.5 Å². The number of phenols is 1. The molecule has 0 saturated heterocycles. The van der Waals surface area contributed by atoms with Gasteiger partial charge in [-0.25, -0.2) is 4.79 Å². The summed E-state index contributed by atoms with van der Waals surface area (Å²) in [7, 11) is 0. The number of hydrogen-bond acceptors (Lipinski definition) is 6. The second-order valence-electron chi connectivity index (χ2n) is 8.62. The van der Waals surface area contributed by atoms with Crippen molar-refractivity contribution < 1.29 is 29.0 Å². The van der Waals surface area contributed by atoms with Crippen molar-refractivity contribution in [3.63, 3.8) is 0 Å². The molecule has 1 amide bonds. The van der Waals surface area contributed by atoms with Crippen LogP contribution in [0.25, 0.3) is 0 Å². The predicted octanol–water partition coefficient (Wildman–Crippen LogP) is 4.72. The molecule has 0 aliphatic carbocycles. The van der Waals surface area contributed by atoms with E-state index in [4.69, 9.17) is 21.1 Å². The van der Waals surface area contributed by atoms with E-state index in [1.165, 1.54) is 12.1 Å². The van der Waals surface area contributed by atoms with Gasteiger partial charge in [-0.2, -0.15) is 0 Å². The summed E-state index contributed by atoms with van der Waals surface area (Å²) in [5.74, 6) is -0.762. The lowest BCUT2D eigenvalue weighted by Crippen LogP contribution is -2.53. The number of hydrogen-bond donors (Lipinski definition) is 2. The van der Waals surface area contributed by atoms with E-state index in [0.717, 1.165) is 5.56 Å². The molecule has 0 spiro atoms. The Bertz CT molecular complexity index is 1200. The highest BCUT2D eigenvalue weighted by Crippen LogP contribution is 2.22. The summed E-state index contributed by atoms with van der Waals surface area (Å²) in [6.07, 6.45) is 0.183. The zero-order chi connectivity index (χ0) is 26.3. The van der Waals surface area contributed by atoms with E-state index in [1.807, 2.05) is 0 Å². The number of phenolic OH excluding ortho intramolecular Hbond substituents is 1. The van der Waals surface area contributed by atoms with Gasteiger partial charge in [0.25, 0.3) is 5.91 Å². The Morgan fingerprint density at radius 1 is 0.917 bits per heavy atom. The number of ether oxygens (including phenoxy) is 2. The average Bonchev–Trinajstić information content (AvgIpc) is 2.85. The fourth-order valence-electron chi connectivity index (χ4n) is 3.42. The molecule has 3 aromatic rings. The van der Waals surface area contributed by atoms with Gasteiger partial charge in [0.05, 0.1) is 6.61 Å². The molecular formula is C28H28ClNO6. The molecule has 0 aliphatic rings. The third kappa shape index (κ3) is 7.09. The smallest absolute Gasteiger partial charge is 0.328 e. The molecular weight excluding hydrogens is 482 g/mol. The molecule has 1 unspecified atom stereocenters. The molecule has 0 bridgehead atoms. The highest BCUT2D eigenvalue weighted by atomic mass is 35.5. The maximum Gasteiger partial charge on any atom is 0.328 e. The lowest BCUT2D eigenvalue weighted by Gasteiger charge is -2.28. The molecule has 3 rings (SSSR count). The van der Waals surface area contributed by atoms with Gasteiger partial charge in [-0.1, -0.05) is 23.7 Å². The van der Waals surface area contributed by atoms with Crippen LogP contribution in [0.4, 0.5) is 0 Å². The second-order valence-corrected chi connectivity index (χ2v) is 9.06. The van der Waals surface area contributed by atoms with E-state index in [1.54, 1.807) is 81.4 Å². The van der Waals surface area contributed by atoms with Gasteiger partial charge in [0.1, 0.15) is 17.5 Å². The molecule has 0 heterocycles. The van der Waals surface area contributed by atoms with Crippen LogP contribution in [-0.4, -0.2) is 41.0 Å². The lowest BCUT2D eigenvalue weighted by molar-refractivity contribution is -0.149. The van der Waals surface area contributed by atoms with Crippen molar-refractivity contribution >= 4 is 29.3 Å². The number of nitrogens with one attached hydrogen (secondary N) is 1. The number of amides is 1. The van der Waals surface area contributed by atoms with Crippen molar-refractivity contribution in [1.82, 2.24) is 5.32 Å². The minimum absolute atomic E-state index is 0.103. The van der Waals surface area contributed by atoms with Gasteiger partial charge in [0, 0.05) is 22.6 Å². The Hall–Kier alpha value is -3.84. The number of carbonyl (C=O) groups excluding carboxylic acids is 3. The van der Waals surface area contributed by atoms with Crippen molar-refractivity contribution in [3.05, 3.63) is 94.5 Å². The predicted molar refractivity (Wildman–Crippen MR) is 136 cm³/mol. The average molecular weight is 510 g/mol. The van der Waals surface area contributed by atoms with Gasteiger partial charge in [0.2, 0.25) is 0 Å². The quantitative estimate of drug-likeness (QED) is 0.303. The van der Waals surface area contributed by atoms with Crippen LogP contribution in [0.1, 0.15) is 42.3 Å². The molecule has 0 aromatic heterocycles. The number of aromatic hydroxyl groups is 1. The zero-order valence-electron chi connectivity index (χ0n) is 20.3. The van der Waals surface area contributed by atoms with Crippen LogP contribution in [-0.2, 0) is 20.7 Å². The second kappa shape index (κ2) is 11.7. The Kier molecular flexibility index (Phi) is 8.72. The van der Waals surface area contributed by atoms with E-state index in [-0.39, 0.29) is 24.6 Å². The van der Waals surface area contributed by atoms with Crippen molar-refractivity contribution in [2.45, 2.75) is 38.8 Å². The highest BCUT2D eigenvalue weighted by Gasteiger charge is 2.34. The molecule has 2 N–H and O–H groups in total. The fraction of sp³-hybridized carbons (Fsp3) is 0.250. The van der Waals surface area contributed by atoms with E-state index in [0.29, 0.717) is 21.9 Å². The zero-order valence-corrected chi connectivity index (χ0v) is 21.0. The monoisotopic (exact) mass is 509 g/mol. The van der Waals surface area contributed by atoms with Crippen molar-refractivity contribution in [3.8, 4) is 11.5 Å². The molecule has 0 fully saturated rings. The van der Waals surface area contributed by atoms with E-state index >= 15 is 0 Å². The van der Waals surface area contributed by atoms with Crippen molar-refractivity contribution in [1.29, 1.82) is 0 Å². The Balaban J connectivity index is 1.68. The summed E-state index contributed by atoms with van der Waals surface area (Å²) in [4.78, 5) is 38.2. The summed E-state index contributed by atoms with van der Waals surface area (Å²) >= 11 is 5.89. The summed E-state index contributed by atoms with van der Waals surface area (Å²) in [6, 6.07) is 18.5. The number of carbonyl (C=O) groups is 3. The van der Waals surface area contributed by atoms with Crippen LogP contribution < -0.4 is 10.1 Å². The minimum atomic E-state index is -1.33. The standard InChI is InChI=1S/C28H28ClNO6/c1-4-35-26(33)24(17-18-5-13-22(31)14-6-18)30-27(34)28(2,3)36-23-15-9-20(10-16-23)25(32)19-7-11-21(29)12-8-19/h5-16,24,31H,4,17H2,1-3H3,(H,30,34). The summed E-state index contributed by atoms with van der Waals surface area (Å²) in [5, 5.41) is 12.8. The Labute approximate surface area is 215 Å². The van der Waals surface area contributed by atoms with Crippen molar-refractivity contribution in [2.75, 3.05) is 6.61 Å². The fourth-order valence-corrected chi connectivity index (χ4v) is 3.55. The van der Waals surface area contributed by atoms with E-state index in [2.05, 4.69) is 5.32 Å². The molecule has 0 aliphatic heterocycles. The van der Waals surface area contributed by atoms with Gasteiger partial charge in [0.15, 0.2) is 11.4 Å². The molecule has 188 valence electrons. The first-order valence-corrected chi connectivity index (χ1v) is 11.8. The summed E-state index contributed by atoms with van der Waals surface area (Å²) < 4.78 is 11.0. The third-order valence-electron chi connectivity index (χ3n) is 5.40. The molecule has 3 aromatic carbocycles. The van der Waals surface area contributed by atoms with Crippen LogP contribution in [0, 0.1) is 0 Å². The lowest BCUT2D eigenvalue weighted by atomic mass is 10.0. The van der Waals surface area contributed by atoms with Crippen molar-refractivity contribution in [2.24, 2.45) is 0 Å². The van der Waals surface area contributed by atoms with E-state index in [9.17, 15) is 19.5 Å². The van der Waals surface area contributed by atoms with Crippen LogP contribution in [0.15, 0.2) is 72.8 Å². The number of rotatable bonds is 10. The minimum Gasteiger partial charge on any atom is -0.508 e. The molecule has 36 heavy (non-hydrogen) atoms. The first kappa shape index (κ1) is 26.8. The van der Waals surface area contributed by atoms with Gasteiger partial charge in [-0.15, -0.1) is 0 Å². The van der Waals surface area contributed by atoms with Crippen LogP contribution >= 0.6 is 11.6 Å². The molecule has 0 radical (unpaired) electrons. The maximum atomic E-state index is 13.1. The van der Waals surface area contributed by atoms with Gasteiger partial charge < -0.3 is 19.9 Å². The number of benzene rings is 3. The highest BCUT2D eigenvalue weighted by molar-refractivity contribution is 6.30. The van der Waals surface area contributed by atoms with Gasteiger partial charge in [-0.3, -0.25) is 9.59 Å². The Morgan fingerprint density at radius 2 is 1.47 bits per heavy atom. The van der Waals surface area contributed by atoms with Crippen LogP contribution in [0.2, 0.25) is 5.02 Å². The first-order chi connectivity index (χ1) is 17.1. The number of esters is 1. The number of halogens is 1. The topological polar surface area (TPSA) is 102 Å². The van der Waals surface area contributed by atoms with Gasteiger partial charge >= 0.3 is 5.97 Å². The molecule has 1 atom stereocenters. The SMILES string of the molecule is CCOC(=O)C(Cc1ccc(O)cc1)NC(=O)C(C)(C)Oc1ccc(C(=O)c2ccc(Cl)cc2)cc1. The normalized spacial score (nSPS) is 11.9. The molecule has 8 heteroatoms. The maximum absolute atomic E-state index is 13.1. The number of ketones is 1. The first-order valence-electron chi connectivity index (χ1n) is 11.4. The summed E-state index contributed by atoms with van der Waals surface area (Å²) in [6.45, 7) is 5.02. The Morgan fingerprint density at radius 3 is 2.03 bits per heavy atom. The molecule has 0 saturated carbocycles. The third-order valence-corrected chi connectivity index (χ3v) is 5.65. The largest absolute Gasteiger partial charge is 0.508 e. The summed E-state index contributed by atoms with van der Waals surface area (Å²) in [5.41, 5.74) is 0.377. The molecule has 7 nitrogen and oxygen atoms in total. The van der Waals surface area contributed by atoms with Crippen LogP contribution in [0.3, 0.4) is 0 Å².